The van der Waals surface area contributed by atoms with Crippen LogP contribution in [0.3, 0.4) is 0 Å². The molecule has 2 aromatic rings. The average molecular weight is 362 g/mol. The van der Waals surface area contributed by atoms with Crippen LogP contribution in [0.2, 0.25) is 0 Å². The molecule has 0 saturated carbocycles. The van der Waals surface area contributed by atoms with Crippen LogP contribution in [0.5, 0.6) is 11.5 Å². The molecular weight excluding hydrogens is 334 g/mol. The summed E-state index contributed by atoms with van der Waals surface area (Å²) in [5, 5.41) is 0. The van der Waals surface area contributed by atoms with Gasteiger partial charge in [-0.3, -0.25) is 0 Å². The van der Waals surface area contributed by atoms with Crippen molar-refractivity contribution < 1.29 is 9.47 Å². The Hall–Kier alpha value is -1.71. The molecule has 1 atom stereocenters. The first kappa shape index (κ1) is 19.6. The van der Waals surface area contributed by atoms with Crippen LogP contribution in [0.4, 0.5) is 0 Å². The van der Waals surface area contributed by atoms with Gasteiger partial charge in [0.15, 0.2) is 0 Å². The summed E-state index contributed by atoms with van der Waals surface area (Å²) in [4.78, 5) is 2.35. The molecule has 1 fully saturated rings. The van der Waals surface area contributed by atoms with Gasteiger partial charge in [-0.25, -0.2) is 0 Å². The van der Waals surface area contributed by atoms with E-state index in [0.717, 1.165) is 37.3 Å². The lowest BCUT2D eigenvalue weighted by atomic mass is 10.0. The quantitative estimate of drug-likeness (QED) is 0.762. The number of benzene rings is 2. The number of rotatable bonds is 6. The number of hydrogen-bond donors (Lipinski definition) is 0. The van der Waals surface area contributed by atoms with Crippen LogP contribution in [0.15, 0.2) is 48.5 Å². The fraction of sp³-hybridized carbons (Fsp3) is 0.429. The number of nitrogens with zero attached hydrogens (tertiary/aromatic N) is 1. The lowest BCUT2D eigenvalue weighted by Crippen LogP contribution is -2.38. The second-order valence-electron chi connectivity index (χ2n) is 6.60. The minimum Gasteiger partial charge on any atom is -0.497 e. The Morgan fingerprint density at radius 2 is 1.92 bits per heavy atom. The number of ether oxygens (including phenoxy) is 2. The highest BCUT2D eigenvalue weighted by Gasteiger charge is 2.19. The normalized spacial score (nSPS) is 17.6. The number of halogens is 1. The smallest absolute Gasteiger partial charge is 0.122 e. The zero-order chi connectivity index (χ0) is 16.8. The molecule has 0 bridgehead atoms. The molecule has 0 aromatic heterocycles. The molecule has 2 aromatic carbocycles. The maximum Gasteiger partial charge on any atom is 0.122 e. The van der Waals surface area contributed by atoms with E-state index in [1.54, 1.807) is 7.11 Å². The van der Waals surface area contributed by atoms with E-state index in [2.05, 4.69) is 54.4 Å². The standard InChI is InChI=1S/C21H27NO2.ClH/c1-22-14-6-10-20(16-22)24-21-11-4-3-8-18(21)13-12-17-7-5-9-19(15-17)23-2;/h3-5,7-9,11,15,20H,6,10,12-14,16H2,1-2H3;1H. The van der Waals surface area contributed by atoms with E-state index >= 15 is 0 Å². The van der Waals surface area contributed by atoms with E-state index in [-0.39, 0.29) is 12.4 Å². The van der Waals surface area contributed by atoms with E-state index in [4.69, 9.17) is 9.47 Å². The summed E-state index contributed by atoms with van der Waals surface area (Å²) in [5.74, 6) is 1.96. The van der Waals surface area contributed by atoms with E-state index in [0.29, 0.717) is 6.10 Å². The van der Waals surface area contributed by atoms with Crippen LogP contribution in [0.1, 0.15) is 24.0 Å². The highest BCUT2D eigenvalue weighted by molar-refractivity contribution is 5.85. The topological polar surface area (TPSA) is 21.7 Å². The maximum atomic E-state index is 6.32. The average Bonchev–Trinajstić information content (AvgIpc) is 2.61. The summed E-state index contributed by atoms with van der Waals surface area (Å²) >= 11 is 0. The van der Waals surface area contributed by atoms with Crippen molar-refractivity contribution in [3.8, 4) is 11.5 Å². The Bertz CT molecular complexity index is 662. The second kappa shape index (κ2) is 9.69. The van der Waals surface area contributed by atoms with Gasteiger partial charge >= 0.3 is 0 Å². The largest absolute Gasteiger partial charge is 0.497 e. The van der Waals surface area contributed by atoms with Gasteiger partial charge in [-0.1, -0.05) is 30.3 Å². The van der Waals surface area contributed by atoms with Crippen LogP contribution in [-0.4, -0.2) is 38.3 Å². The molecule has 25 heavy (non-hydrogen) atoms. The van der Waals surface area contributed by atoms with Crippen LogP contribution in [-0.2, 0) is 12.8 Å². The van der Waals surface area contributed by atoms with Crippen molar-refractivity contribution >= 4 is 12.4 Å². The van der Waals surface area contributed by atoms with Crippen LogP contribution in [0, 0.1) is 0 Å². The van der Waals surface area contributed by atoms with Gasteiger partial charge in [0, 0.05) is 6.54 Å². The predicted molar refractivity (Wildman–Crippen MR) is 105 cm³/mol. The minimum absolute atomic E-state index is 0. The number of likely N-dealkylation sites (N-methyl/N-ethyl adjacent to an activating group) is 1. The van der Waals surface area contributed by atoms with Crippen molar-refractivity contribution in [1.82, 2.24) is 4.90 Å². The molecule has 0 spiro atoms. The fourth-order valence-electron chi connectivity index (χ4n) is 3.33. The number of piperidine rings is 1. The molecule has 0 aliphatic carbocycles. The van der Waals surface area contributed by atoms with Gasteiger partial charge in [-0.2, -0.15) is 0 Å². The first-order chi connectivity index (χ1) is 11.7. The molecule has 1 heterocycles. The number of para-hydroxylation sites is 1. The third-order valence-corrected chi connectivity index (χ3v) is 4.66. The van der Waals surface area contributed by atoms with E-state index in [1.165, 1.54) is 24.1 Å². The zero-order valence-corrected chi connectivity index (χ0v) is 15.9. The molecule has 3 rings (SSSR count). The highest BCUT2D eigenvalue weighted by Crippen LogP contribution is 2.24. The third-order valence-electron chi connectivity index (χ3n) is 4.66. The summed E-state index contributed by atoms with van der Waals surface area (Å²) in [7, 11) is 3.88. The Morgan fingerprint density at radius 1 is 1.08 bits per heavy atom. The molecule has 1 aliphatic heterocycles. The van der Waals surface area contributed by atoms with Crippen LogP contribution < -0.4 is 9.47 Å². The van der Waals surface area contributed by atoms with Crippen molar-refractivity contribution in [3.63, 3.8) is 0 Å². The second-order valence-corrected chi connectivity index (χ2v) is 6.60. The molecule has 0 radical (unpaired) electrons. The van der Waals surface area contributed by atoms with Gasteiger partial charge in [-0.05, 0) is 68.6 Å². The van der Waals surface area contributed by atoms with Crippen molar-refractivity contribution in [2.24, 2.45) is 0 Å². The maximum absolute atomic E-state index is 6.32. The molecule has 4 heteroatoms. The summed E-state index contributed by atoms with van der Waals surface area (Å²) < 4.78 is 11.6. The van der Waals surface area contributed by atoms with Crippen LogP contribution >= 0.6 is 12.4 Å². The predicted octanol–water partition coefficient (Wildman–Crippen LogP) is 4.38. The van der Waals surface area contributed by atoms with Crippen molar-refractivity contribution in [2.75, 3.05) is 27.2 Å². The molecule has 1 saturated heterocycles. The van der Waals surface area contributed by atoms with Gasteiger partial charge in [0.05, 0.1) is 7.11 Å². The molecule has 0 N–H and O–H groups in total. The molecule has 1 aliphatic rings. The summed E-state index contributed by atoms with van der Waals surface area (Å²) in [6.45, 7) is 2.20. The van der Waals surface area contributed by atoms with Gasteiger partial charge in [0.2, 0.25) is 0 Å². The van der Waals surface area contributed by atoms with Crippen LogP contribution in [0.25, 0.3) is 0 Å². The van der Waals surface area contributed by atoms with Crippen molar-refractivity contribution in [2.45, 2.75) is 31.8 Å². The third kappa shape index (κ3) is 5.65. The fourth-order valence-corrected chi connectivity index (χ4v) is 3.33. The van der Waals surface area contributed by atoms with E-state index < -0.39 is 0 Å². The molecule has 3 nitrogen and oxygen atoms in total. The minimum atomic E-state index is 0. The molecule has 0 amide bonds. The van der Waals surface area contributed by atoms with Gasteiger partial charge in [0.1, 0.15) is 17.6 Å². The van der Waals surface area contributed by atoms with Gasteiger partial charge < -0.3 is 14.4 Å². The lowest BCUT2D eigenvalue weighted by molar-refractivity contribution is 0.103. The molecule has 1 unspecified atom stereocenters. The Labute approximate surface area is 157 Å². The highest BCUT2D eigenvalue weighted by atomic mass is 35.5. The van der Waals surface area contributed by atoms with Gasteiger partial charge in [-0.15, -0.1) is 12.4 Å². The number of hydrogen-bond acceptors (Lipinski definition) is 3. The molecule has 136 valence electrons. The van der Waals surface area contributed by atoms with E-state index in [9.17, 15) is 0 Å². The Morgan fingerprint density at radius 3 is 2.72 bits per heavy atom. The Balaban J connectivity index is 0.00000225. The summed E-state index contributed by atoms with van der Waals surface area (Å²) in [5.41, 5.74) is 2.58. The number of likely N-dealkylation sites (tertiary alicyclic amines) is 1. The summed E-state index contributed by atoms with van der Waals surface area (Å²) in [6.07, 6.45) is 4.64. The summed E-state index contributed by atoms with van der Waals surface area (Å²) in [6, 6.07) is 16.8. The monoisotopic (exact) mass is 361 g/mol. The Kier molecular flexibility index (Phi) is 7.60. The first-order valence-corrected chi connectivity index (χ1v) is 8.80. The zero-order valence-electron chi connectivity index (χ0n) is 15.1. The van der Waals surface area contributed by atoms with Gasteiger partial charge in [0.25, 0.3) is 0 Å². The van der Waals surface area contributed by atoms with E-state index in [1.807, 2.05) is 6.07 Å². The van der Waals surface area contributed by atoms with Crippen molar-refractivity contribution in [1.29, 1.82) is 0 Å². The number of methoxy groups -OCH3 is 1. The number of aryl methyl sites for hydroxylation is 2. The lowest BCUT2D eigenvalue weighted by Gasteiger charge is -2.30. The first-order valence-electron chi connectivity index (χ1n) is 8.80. The molecular formula is C21H28ClNO2. The van der Waals surface area contributed by atoms with Crippen molar-refractivity contribution in [3.05, 3.63) is 59.7 Å². The SMILES string of the molecule is COc1cccc(CCc2ccccc2OC2CCCN(C)C2)c1.Cl.